The summed E-state index contributed by atoms with van der Waals surface area (Å²) in [7, 11) is 0. The van der Waals surface area contributed by atoms with Gasteiger partial charge in [0.25, 0.3) is 0 Å². The zero-order valence-electron chi connectivity index (χ0n) is 9.12. The maximum Gasteiger partial charge on any atom is 0.114 e. The third-order valence-corrected chi connectivity index (χ3v) is 3.66. The summed E-state index contributed by atoms with van der Waals surface area (Å²) in [5.74, 6) is 0. The summed E-state index contributed by atoms with van der Waals surface area (Å²) >= 11 is 0. The van der Waals surface area contributed by atoms with Crippen molar-refractivity contribution in [3.8, 4) is 0 Å². The number of aliphatic hydroxyl groups is 1. The van der Waals surface area contributed by atoms with Gasteiger partial charge in [0.05, 0.1) is 6.61 Å². The average molecular weight is 217 g/mol. The first-order valence-corrected chi connectivity index (χ1v) is 5.79. The Hall–Kier alpha value is -0.190. The van der Waals surface area contributed by atoms with Crippen LogP contribution in [-0.4, -0.2) is 55.6 Å². The van der Waals surface area contributed by atoms with Crippen LogP contribution in [0, 0.1) is 5.41 Å². The molecule has 0 spiro atoms. The largest absolute Gasteiger partial charge is 0.396 e. The zero-order chi connectivity index (χ0) is 10.7. The quantitative estimate of drug-likeness (QED) is 0.759. The molecule has 2 rings (SSSR count). The molecule has 2 fully saturated rings. The van der Waals surface area contributed by atoms with Gasteiger partial charge in [-0.2, -0.15) is 0 Å². The lowest BCUT2D eigenvalue weighted by Crippen LogP contribution is -2.43. The number of rotatable bonds is 3. The SMILES string of the molecule is OCC1(CN2CC[C@@H](F)C2)CCOCC1. The van der Waals surface area contributed by atoms with Crippen LogP contribution in [0.1, 0.15) is 19.3 Å². The van der Waals surface area contributed by atoms with Gasteiger partial charge in [0.1, 0.15) is 6.17 Å². The number of alkyl halides is 1. The molecule has 0 amide bonds. The third-order valence-electron chi connectivity index (χ3n) is 3.66. The van der Waals surface area contributed by atoms with Crippen molar-refractivity contribution in [3.63, 3.8) is 0 Å². The molecule has 2 aliphatic heterocycles. The second kappa shape index (κ2) is 4.76. The molecule has 1 N–H and O–H groups in total. The first-order chi connectivity index (χ1) is 7.24. The molecule has 15 heavy (non-hydrogen) atoms. The van der Waals surface area contributed by atoms with E-state index in [1.807, 2.05) is 0 Å². The van der Waals surface area contributed by atoms with Crippen LogP contribution < -0.4 is 0 Å². The van der Waals surface area contributed by atoms with Crippen LogP contribution >= 0.6 is 0 Å². The molecule has 0 aromatic rings. The molecule has 0 aliphatic carbocycles. The van der Waals surface area contributed by atoms with Crippen LogP contribution in [0.3, 0.4) is 0 Å². The molecule has 0 unspecified atom stereocenters. The van der Waals surface area contributed by atoms with E-state index in [4.69, 9.17) is 4.74 Å². The van der Waals surface area contributed by atoms with Crippen molar-refractivity contribution < 1.29 is 14.2 Å². The summed E-state index contributed by atoms with van der Waals surface area (Å²) in [6.07, 6.45) is 1.78. The van der Waals surface area contributed by atoms with E-state index in [9.17, 15) is 9.50 Å². The molecular weight excluding hydrogens is 197 g/mol. The van der Waals surface area contributed by atoms with Crippen molar-refractivity contribution in [1.82, 2.24) is 4.90 Å². The summed E-state index contributed by atoms with van der Waals surface area (Å²) in [5, 5.41) is 9.49. The lowest BCUT2D eigenvalue weighted by molar-refractivity contribution is -0.0317. The van der Waals surface area contributed by atoms with Crippen molar-refractivity contribution in [3.05, 3.63) is 0 Å². The molecule has 0 aromatic heterocycles. The maximum atomic E-state index is 13.0. The van der Waals surface area contributed by atoms with Crippen LogP contribution in [0.25, 0.3) is 0 Å². The Bertz CT molecular complexity index is 207. The van der Waals surface area contributed by atoms with Crippen LogP contribution in [-0.2, 0) is 4.74 Å². The minimum Gasteiger partial charge on any atom is -0.396 e. The van der Waals surface area contributed by atoms with E-state index in [1.54, 1.807) is 0 Å². The Balaban J connectivity index is 1.89. The summed E-state index contributed by atoms with van der Waals surface area (Å²) in [5.41, 5.74) is -0.0394. The highest BCUT2D eigenvalue weighted by Crippen LogP contribution is 2.32. The Morgan fingerprint density at radius 2 is 2.13 bits per heavy atom. The van der Waals surface area contributed by atoms with Gasteiger partial charge >= 0.3 is 0 Å². The number of aliphatic hydroxyl groups excluding tert-OH is 1. The third kappa shape index (κ3) is 2.68. The predicted molar refractivity (Wildman–Crippen MR) is 55.5 cm³/mol. The Kier molecular flexibility index (Phi) is 3.59. The predicted octanol–water partition coefficient (Wildman–Crippen LogP) is 0.819. The highest BCUT2D eigenvalue weighted by atomic mass is 19.1. The molecule has 0 aromatic carbocycles. The van der Waals surface area contributed by atoms with Gasteiger partial charge in [-0.15, -0.1) is 0 Å². The standard InChI is InChI=1S/C11H20FNO2/c12-10-1-4-13(7-10)8-11(9-14)2-5-15-6-3-11/h10,14H,1-9H2/t10-/m1/s1. The second-order valence-electron chi connectivity index (χ2n) is 4.89. The molecule has 3 nitrogen and oxygen atoms in total. The van der Waals surface area contributed by atoms with Gasteiger partial charge in [-0.25, -0.2) is 4.39 Å². The van der Waals surface area contributed by atoms with E-state index in [1.165, 1.54) is 0 Å². The van der Waals surface area contributed by atoms with Crippen molar-refractivity contribution in [1.29, 1.82) is 0 Å². The number of hydrogen-bond acceptors (Lipinski definition) is 3. The van der Waals surface area contributed by atoms with Crippen molar-refractivity contribution in [2.24, 2.45) is 5.41 Å². The van der Waals surface area contributed by atoms with Gasteiger partial charge in [0, 0.05) is 38.3 Å². The molecule has 2 saturated heterocycles. The summed E-state index contributed by atoms with van der Waals surface area (Å²) in [6.45, 7) is 3.87. The Morgan fingerprint density at radius 3 is 2.67 bits per heavy atom. The topological polar surface area (TPSA) is 32.7 Å². The van der Waals surface area contributed by atoms with E-state index in [0.717, 1.165) is 39.1 Å². The lowest BCUT2D eigenvalue weighted by atomic mass is 9.80. The van der Waals surface area contributed by atoms with Crippen LogP contribution in [0.15, 0.2) is 0 Å². The Morgan fingerprint density at radius 1 is 1.40 bits per heavy atom. The fourth-order valence-corrected chi connectivity index (χ4v) is 2.57. The van der Waals surface area contributed by atoms with Crippen molar-refractivity contribution >= 4 is 0 Å². The average Bonchev–Trinajstić information content (AvgIpc) is 2.65. The van der Waals surface area contributed by atoms with Crippen LogP contribution in [0.4, 0.5) is 4.39 Å². The highest BCUT2D eigenvalue weighted by molar-refractivity contribution is 4.87. The summed E-state index contributed by atoms with van der Waals surface area (Å²) in [4.78, 5) is 2.15. The van der Waals surface area contributed by atoms with Gasteiger partial charge in [0.15, 0.2) is 0 Å². The molecular formula is C11H20FNO2. The number of ether oxygens (including phenoxy) is 1. The number of likely N-dealkylation sites (tertiary alicyclic amines) is 1. The highest BCUT2D eigenvalue weighted by Gasteiger charge is 2.35. The lowest BCUT2D eigenvalue weighted by Gasteiger charge is -2.38. The smallest absolute Gasteiger partial charge is 0.114 e. The minimum atomic E-state index is -0.666. The molecule has 2 aliphatic rings. The van der Waals surface area contributed by atoms with E-state index in [0.29, 0.717) is 13.0 Å². The molecule has 0 radical (unpaired) electrons. The second-order valence-corrected chi connectivity index (χ2v) is 4.89. The minimum absolute atomic E-state index is 0.0394. The van der Waals surface area contributed by atoms with Crippen molar-refractivity contribution in [2.75, 3.05) is 39.5 Å². The van der Waals surface area contributed by atoms with Gasteiger partial charge in [-0.1, -0.05) is 0 Å². The molecule has 2 heterocycles. The van der Waals surface area contributed by atoms with Gasteiger partial charge in [-0.3, -0.25) is 4.90 Å². The van der Waals surface area contributed by atoms with Gasteiger partial charge in [0.2, 0.25) is 0 Å². The maximum absolute atomic E-state index is 13.0. The van der Waals surface area contributed by atoms with Crippen molar-refractivity contribution in [2.45, 2.75) is 25.4 Å². The molecule has 0 saturated carbocycles. The summed E-state index contributed by atoms with van der Waals surface area (Å²) in [6, 6.07) is 0. The first kappa shape index (κ1) is 11.3. The van der Waals surface area contributed by atoms with E-state index in [2.05, 4.69) is 4.90 Å². The number of hydrogen-bond donors (Lipinski definition) is 1. The summed E-state index contributed by atoms with van der Waals surface area (Å²) < 4.78 is 18.3. The fourth-order valence-electron chi connectivity index (χ4n) is 2.57. The van der Waals surface area contributed by atoms with E-state index >= 15 is 0 Å². The van der Waals surface area contributed by atoms with Crippen LogP contribution in [0.2, 0.25) is 0 Å². The monoisotopic (exact) mass is 217 g/mol. The first-order valence-electron chi connectivity index (χ1n) is 5.79. The normalized spacial score (nSPS) is 32.0. The molecule has 1 atom stereocenters. The van der Waals surface area contributed by atoms with Gasteiger partial charge in [-0.05, 0) is 19.3 Å². The molecule has 0 bridgehead atoms. The number of nitrogens with zero attached hydrogens (tertiary/aromatic N) is 1. The number of halogens is 1. The molecule has 88 valence electrons. The zero-order valence-corrected chi connectivity index (χ0v) is 9.12. The molecule has 4 heteroatoms. The van der Waals surface area contributed by atoms with Crippen LogP contribution in [0.5, 0.6) is 0 Å². The van der Waals surface area contributed by atoms with E-state index in [-0.39, 0.29) is 12.0 Å². The Labute approximate surface area is 90.2 Å². The fraction of sp³-hybridized carbons (Fsp3) is 1.00. The van der Waals surface area contributed by atoms with E-state index < -0.39 is 6.17 Å². The van der Waals surface area contributed by atoms with Gasteiger partial charge < -0.3 is 9.84 Å².